The second-order valence-electron chi connectivity index (χ2n) is 8.14. The molecule has 1 fully saturated rings. The lowest BCUT2D eigenvalue weighted by Gasteiger charge is -2.29. The first-order valence-corrected chi connectivity index (χ1v) is 9.96. The molecular weight excluding hydrogens is 481 g/mol. The van der Waals surface area contributed by atoms with Crippen LogP contribution in [0.25, 0.3) is 0 Å². The molecule has 0 aromatic heterocycles. The fourth-order valence-electron chi connectivity index (χ4n) is 3.40. The van der Waals surface area contributed by atoms with Crippen molar-refractivity contribution >= 4 is 35.8 Å². The molecule has 1 heterocycles. The standard InChI is InChI=1S/C21H35N5O2.HI/c1-21(2,3)25-19(27)15-24-20(22-4)23-14-18(26-11-6-7-12-26)16-9-8-10-17(13-16)28-5;/h8-10,13,18H,6-7,11-12,14-15H2,1-5H3,(H,25,27)(H2,22,23,24);1H. The van der Waals surface area contributed by atoms with Gasteiger partial charge < -0.3 is 20.7 Å². The number of nitrogens with zero attached hydrogens (tertiary/aromatic N) is 2. The minimum absolute atomic E-state index is 0. The van der Waals surface area contributed by atoms with Crippen LogP contribution in [0.2, 0.25) is 0 Å². The molecule has 1 aliphatic heterocycles. The van der Waals surface area contributed by atoms with Gasteiger partial charge in [0.05, 0.1) is 19.7 Å². The van der Waals surface area contributed by atoms with E-state index in [2.05, 4.69) is 38.0 Å². The highest BCUT2D eigenvalue weighted by atomic mass is 127. The lowest BCUT2D eigenvalue weighted by atomic mass is 10.1. The minimum atomic E-state index is -0.247. The molecule has 29 heavy (non-hydrogen) atoms. The highest BCUT2D eigenvalue weighted by Gasteiger charge is 2.24. The number of rotatable bonds is 7. The molecule has 8 heteroatoms. The average molecular weight is 517 g/mol. The third kappa shape index (κ3) is 8.77. The summed E-state index contributed by atoms with van der Waals surface area (Å²) >= 11 is 0. The van der Waals surface area contributed by atoms with Crippen LogP contribution in [-0.2, 0) is 4.79 Å². The Morgan fingerprint density at radius 3 is 2.52 bits per heavy atom. The van der Waals surface area contributed by atoms with Crippen molar-refractivity contribution in [3.63, 3.8) is 0 Å². The molecule has 0 radical (unpaired) electrons. The van der Waals surface area contributed by atoms with Gasteiger partial charge in [-0.3, -0.25) is 14.7 Å². The van der Waals surface area contributed by atoms with Gasteiger partial charge in [-0.2, -0.15) is 0 Å². The van der Waals surface area contributed by atoms with Crippen molar-refractivity contribution in [1.82, 2.24) is 20.9 Å². The summed E-state index contributed by atoms with van der Waals surface area (Å²) in [5, 5.41) is 9.41. The lowest BCUT2D eigenvalue weighted by Crippen LogP contribution is -2.49. The van der Waals surface area contributed by atoms with Crippen LogP contribution in [-0.4, -0.2) is 62.6 Å². The van der Waals surface area contributed by atoms with E-state index < -0.39 is 0 Å². The summed E-state index contributed by atoms with van der Waals surface area (Å²) in [4.78, 5) is 18.8. The smallest absolute Gasteiger partial charge is 0.239 e. The fourth-order valence-corrected chi connectivity index (χ4v) is 3.40. The topological polar surface area (TPSA) is 78.0 Å². The van der Waals surface area contributed by atoms with Gasteiger partial charge in [0, 0.05) is 19.1 Å². The van der Waals surface area contributed by atoms with Crippen LogP contribution in [0.1, 0.15) is 45.2 Å². The molecule has 1 aliphatic rings. The zero-order valence-corrected chi connectivity index (χ0v) is 20.6. The summed E-state index contributed by atoms with van der Waals surface area (Å²) in [5.41, 5.74) is 0.970. The average Bonchev–Trinajstić information content (AvgIpc) is 3.17. The van der Waals surface area contributed by atoms with Crippen molar-refractivity contribution in [1.29, 1.82) is 0 Å². The second-order valence-corrected chi connectivity index (χ2v) is 8.14. The number of amides is 1. The van der Waals surface area contributed by atoms with Gasteiger partial charge in [-0.15, -0.1) is 24.0 Å². The number of likely N-dealkylation sites (tertiary alicyclic amines) is 1. The molecule has 1 unspecified atom stereocenters. The number of ether oxygens (including phenoxy) is 1. The molecule has 1 atom stereocenters. The maximum Gasteiger partial charge on any atom is 0.239 e. The predicted octanol–water partition coefficient (Wildman–Crippen LogP) is 2.53. The van der Waals surface area contributed by atoms with Gasteiger partial charge in [-0.05, 0) is 64.4 Å². The van der Waals surface area contributed by atoms with E-state index in [4.69, 9.17) is 4.74 Å². The molecule has 0 bridgehead atoms. The third-order valence-corrected chi connectivity index (χ3v) is 4.68. The number of aliphatic imine (C=N–C) groups is 1. The molecule has 0 saturated carbocycles. The molecule has 0 aliphatic carbocycles. The molecule has 3 N–H and O–H groups in total. The summed E-state index contributed by atoms with van der Waals surface area (Å²) in [6, 6.07) is 8.45. The molecule has 1 aromatic carbocycles. The number of carbonyl (C=O) groups excluding carboxylic acids is 1. The third-order valence-electron chi connectivity index (χ3n) is 4.68. The number of hydrogen-bond acceptors (Lipinski definition) is 4. The minimum Gasteiger partial charge on any atom is -0.497 e. The second kappa shape index (κ2) is 12.2. The Kier molecular flexibility index (Phi) is 10.7. The first-order valence-electron chi connectivity index (χ1n) is 9.96. The number of hydrogen-bond donors (Lipinski definition) is 3. The molecule has 164 valence electrons. The molecule has 1 amide bonds. The van der Waals surface area contributed by atoms with Crippen molar-refractivity contribution in [2.24, 2.45) is 4.99 Å². The maximum absolute atomic E-state index is 12.0. The lowest BCUT2D eigenvalue weighted by molar-refractivity contribution is -0.121. The van der Waals surface area contributed by atoms with Gasteiger partial charge in [0.25, 0.3) is 0 Å². The first-order chi connectivity index (χ1) is 13.3. The largest absolute Gasteiger partial charge is 0.497 e. The SMILES string of the molecule is CN=C(NCC(=O)NC(C)(C)C)NCC(c1cccc(OC)c1)N1CCCC1.I. The van der Waals surface area contributed by atoms with Gasteiger partial charge in [-0.1, -0.05) is 12.1 Å². The molecule has 7 nitrogen and oxygen atoms in total. The fraction of sp³-hybridized carbons (Fsp3) is 0.619. The van der Waals surface area contributed by atoms with Crippen LogP contribution in [0.5, 0.6) is 5.75 Å². The van der Waals surface area contributed by atoms with Crippen LogP contribution in [0.4, 0.5) is 0 Å². The number of halogens is 1. The summed E-state index contributed by atoms with van der Waals surface area (Å²) in [6.45, 7) is 8.96. The predicted molar refractivity (Wildman–Crippen MR) is 129 cm³/mol. The number of carbonyl (C=O) groups is 1. The van der Waals surface area contributed by atoms with E-state index in [1.54, 1.807) is 14.2 Å². The highest BCUT2D eigenvalue weighted by Crippen LogP contribution is 2.27. The van der Waals surface area contributed by atoms with E-state index in [1.807, 2.05) is 32.9 Å². The van der Waals surface area contributed by atoms with Gasteiger partial charge in [-0.25, -0.2) is 0 Å². The zero-order valence-electron chi connectivity index (χ0n) is 18.2. The van der Waals surface area contributed by atoms with Crippen LogP contribution in [0.15, 0.2) is 29.3 Å². The van der Waals surface area contributed by atoms with Gasteiger partial charge >= 0.3 is 0 Å². The van der Waals surface area contributed by atoms with E-state index in [9.17, 15) is 4.79 Å². The molecular formula is C21H36IN5O2. The molecule has 0 spiro atoms. The summed E-state index contributed by atoms with van der Waals surface area (Å²) in [6.07, 6.45) is 2.45. The Labute approximate surface area is 192 Å². The van der Waals surface area contributed by atoms with Crippen molar-refractivity contribution in [2.45, 2.75) is 45.2 Å². The Balaban J connectivity index is 0.00000420. The summed E-state index contributed by atoms with van der Waals surface area (Å²) in [7, 11) is 3.41. The normalized spacial score (nSPS) is 16.0. The van der Waals surface area contributed by atoms with E-state index in [0.29, 0.717) is 12.5 Å². The van der Waals surface area contributed by atoms with E-state index in [1.165, 1.54) is 18.4 Å². The molecule has 1 saturated heterocycles. The monoisotopic (exact) mass is 517 g/mol. The zero-order chi connectivity index (χ0) is 20.6. The van der Waals surface area contributed by atoms with Gasteiger partial charge in [0.15, 0.2) is 5.96 Å². The van der Waals surface area contributed by atoms with Gasteiger partial charge in [0.1, 0.15) is 5.75 Å². The van der Waals surface area contributed by atoms with Gasteiger partial charge in [0.2, 0.25) is 5.91 Å². The number of nitrogens with one attached hydrogen (secondary N) is 3. The Bertz CT molecular complexity index is 669. The number of methoxy groups -OCH3 is 1. The Morgan fingerprint density at radius 2 is 1.93 bits per heavy atom. The summed E-state index contributed by atoms with van der Waals surface area (Å²) < 4.78 is 5.40. The first kappa shape index (κ1) is 25.5. The van der Waals surface area contributed by atoms with Crippen molar-refractivity contribution in [2.75, 3.05) is 40.3 Å². The molecule has 1 aromatic rings. The van der Waals surface area contributed by atoms with E-state index in [0.717, 1.165) is 18.8 Å². The van der Waals surface area contributed by atoms with Crippen LogP contribution >= 0.6 is 24.0 Å². The quantitative estimate of drug-likeness (QED) is 0.295. The van der Waals surface area contributed by atoms with E-state index >= 15 is 0 Å². The van der Waals surface area contributed by atoms with Crippen LogP contribution < -0.4 is 20.7 Å². The maximum atomic E-state index is 12.0. The van der Waals surface area contributed by atoms with E-state index in [-0.39, 0.29) is 48.0 Å². The number of benzene rings is 1. The van der Waals surface area contributed by atoms with Crippen molar-refractivity contribution < 1.29 is 9.53 Å². The van der Waals surface area contributed by atoms with Crippen LogP contribution in [0, 0.1) is 0 Å². The Morgan fingerprint density at radius 1 is 1.24 bits per heavy atom. The highest BCUT2D eigenvalue weighted by molar-refractivity contribution is 14.0. The van der Waals surface area contributed by atoms with Crippen molar-refractivity contribution in [3.05, 3.63) is 29.8 Å². The Hall–Kier alpha value is -1.55. The molecule has 2 rings (SSSR count). The van der Waals surface area contributed by atoms with Crippen LogP contribution in [0.3, 0.4) is 0 Å². The van der Waals surface area contributed by atoms with Crippen molar-refractivity contribution in [3.8, 4) is 5.75 Å². The number of guanidine groups is 1. The summed E-state index contributed by atoms with van der Waals surface area (Å²) in [5.74, 6) is 1.43.